The number of carbonyl (C=O) groups is 1. The zero-order valence-corrected chi connectivity index (χ0v) is 14.7. The number of anilines is 1. The van der Waals surface area contributed by atoms with Crippen molar-refractivity contribution in [1.82, 2.24) is 4.74 Å². The van der Waals surface area contributed by atoms with Crippen molar-refractivity contribution in [1.29, 1.82) is 0 Å². The number of hydrogen-bond acceptors (Lipinski definition) is 5. The average Bonchev–Trinajstić information content (AvgIpc) is 3.02. The molecule has 0 aliphatic rings. The number of nitro groups is 1. The summed E-state index contributed by atoms with van der Waals surface area (Å²) < 4.78 is 44.4. The third-order valence-corrected chi connectivity index (χ3v) is 3.85. The van der Waals surface area contributed by atoms with Crippen molar-refractivity contribution in [3.05, 3.63) is 74.6 Å². The lowest BCUT2D eigenvalue weighted by Crippen LogP contribution is -2.14. The molecule has 0 aliphatic heterocycles. The van der Waals surface area contributed by atoms with Gasteiger partial charge in [0.1, 0.15) is 0 Å². The molecule has 150 valence electrons. The van der Waals surface area contributed by atoms with Crippen LogP contribution in [0.25, 0.3) is 17.0 Å². The van der Waals surface area contributed by atoms with Crippen LogP contribution in [-0.4, -0.2) is 15.6 Å². The molecule has 0 fully saturated rings. The van der Waals surface area contributed by atoms with E-state index in [0.29, 0.717) is 28.1 Å². The highest BCUT2D eigenvalue weighted by Crippen LogP contribution is 2.34. The predicted molar refractivity (Wildman–Crippen MR) is 95.7 cm³/mol. The molecule has 29 heavy (non-hydrogen) atoms. The van der Waals surface area contributed by atoms with Gasteiger partial charge < -0.3 is 9.84 Å². The van der Waals surface area contributed by atoms with Crippen molar-refractivity contribution in [2.75, 3.05) is 5.32 Å². The number of nitrogens with zero attached hydrogens (tertiary/aromatic N) is 2. The van der Waals surface area contributed by atoms with E-state index in [9.17, 15) is 32.9 Å². The second-order valence-corrected chi connectivity index (χ2v) is 5.95. The first-order valence-electron chi connectivity index (χ1n) is 8.03. The normalized spacial score (nSPS) is 11.3. The minimum Gasteiger partial charge on any atom is -0.371 e. The molecule has 0 radical (unpaired) electrons. The molecule has 0 bridgehead atoms. The summed E-state index contributed by atoms with van der Waals surface area (Å²) in [7, 11) is 0. The number of halogens is 3. The van der Waals surface area contributed by atoms with E-state index < -0.39 is 33.6 Å². The molecule has 1 aromatic heterocycles. The molecule has 11 heteroatoms. The highest BCUT2D eigenvalue weighted by molar-refractivity contribution is 5.88. The van der Waals surface area contributed by atoms with Gasteiger partial charge in [-0.25, -0.2) is 0 Å². The lowest BCUT2D eigenvalue weighted by molar-refractivity contribution is -0.385. The molecule has 0 atom stereocenters. The second-order valence-electron chi connectivity index (χ2n) is 5.95. The SMILES string of the molecule is CC(=O)Nc1ccc(-c2cc(=O)n(-c3ccc(C(F)(F)F)cc3[N+](=O)[O-])o2)cc1. The van der Waals surface area contributed by atoms with Gasteiger partial charge in [-0.2, -0.15) is 13.2 Å². The van der Waals surface area contributed by atoms with Crippen LogP contribution in [0.5, 0.6) is 0 Å². The van der Waals surface area contributed by atoms with E-state index in [1.807, 2.05) is 0 Å². The first-order valence-corrected chi connectivity index (χ1v) is 8.03. The number of aromatic nitrogens is 1. The van der Waals surface area contributed by atoms with Gasteiger partial charge in [0.05, 0.1) is 16.6 Å². The third kappa shape index (κ3) is 4.18. The first-order chi connectivity index (χ1) is 13.6. The molecular weight excluding hydrogens is 395 g/mol. The second kappa shape index (κ2) is 7.26. The van der Waals surface area contributed by atoms with Crippen LogP contribution in [-0.2, 0) is 11.0 Å². The van der Waals surface area contributed by atoms with E-state index in [2.05, 4.69) is 5.32 Å². The van der Waals surface area contributed by atoms with Gasteiger partial charge in [0, 0.05) is 24.2 Å². The first kappa shape index (κ1) is 19.9. The van der Waals surface area contributed by atoms with Gasteiger partial charge in [-0.1, -0.05) is 0 Å². The van der Waals surface area contributed by atoms with E-state index in [-0.39, 0.29) is 11.7 Å². The zero-order chi connectivity index (χ0) is 21.3. The maximum absolute atomic E-state index is 12.8. The molecule has 3 aromatic rings. The van der Waals surface area contributed by atoms with E-state index in [0.717, 1.165) is 12.1 Å². The third-order valence-electron chi connectivity index (χ3n) is 3.85. The molecule has 8 nitrogen and oxygen atoms in total. The van der Waals surface area contributed by atoms with Gasteiger partial charge in [0.2, 0.25) is 5.91 Å². The summed E-state index contributed by atoms with van der Waals surface area (Å²) in [6.45, 7) is 1.34. The van der Waals surface area contributed by atoms with Gasteiger partial charge in [-0.05, 0) is 36.4 Å². The molecule has 0 aliphatic carbocycles. The largest absolute Gasteiger partial charge is 0.416 e. The Morgan fingerprint density at radius 1 is 1.14 bits per heavy atom. The predicted octanol–water partition coefficient (Wildman–Crippen LogP) is 3.98. The summed E-state index contributed by atoms with van der Waals surface area (Å²) >= 11 is 0. The van der Waals surface area contributed by atoms with Crippen LogP contribution in [0.15, 0.2) is 57.8 Å². The highest BCUT2D eigenvalue weighted by atomic mass is 19.4. The molecule has 0 saturated heterocycles. The van der Waals surface area contributed by atoms with Crippen molar-refractivity contribution in [3.8, 4) is 17.0 Å². The number of carbonyl (C=O) groups excluding carboxylic acids is 1. The number of benzene rings is 2. The summed E-state index contributed by atoms with van der Waals surface area (Å²) in [6.07, 6.45) is -4.78. The number of nitrogens with one attached hydrogen (secondary N) is 1. The molecule has 1 amide bonds. The van der Waals surface area contributed by atoms with Crippen LogP contribution >= 0.6 is 0 Å². The average molecular weight is 407 g/mol. The van der Waals surface area contributed by atoms with Crippen LogP contribution in [0.3, 0.4) is 0 Å². The Labute approximate surface area is 160 Å². The Morgan fingerprint density at radius 3 is 2.34 bits per heavy atom. The minimum absolute atomic E-state index is 0.0403. The van der Waals surface area contributed by atoms with Crippen molar-refractivity contribution >= 4 is 17.3 Å². The van der Waals surface area contributed by atoms with Crippen molar-refractivity contribution in [2.24, 2.45) is 0 Å². The fraction of sp³-hybridized carbons (Fsp3) is 0.111. The highest BCUT2D eigenvalue weighted by Gasteiger charge is 2.33. The van der Waals surface area contributed by atoms with E-state index in [1.165, 1.54) is 19.1 Å². The summed E-state index contributed by atoms with van der Waals surface area (Å²) in [6, 6.07) is 8.99. The van der Waals surface area contributed by atoms with Crippen molar-refractivity contribution in [2.45, 2.75) is 13.1 Å². The van der Waals surface area contributed by atoms with Gasteiger partial charge in [-0.15, -0.1) is 4.74 Å². The Bertz CT molecular complexity index is 1150. The minimum atomic E-state index is -4.78. The van der Waals surface area contributed by atoms with E-state index >= 15 is 0 Å². The number of nitro benzene ring substituents is 1. The van der Waals surface area contributed by atoms with Gasteiger partial charge >= 0.3 is 6.18 Å². The number of hydrogen-bond donors (Lipinski definition) is 1. The Hall–Kier alpha value is -3.89. The summed E-state index contributed by atoms with van der Waals surface area (Å²) in [5.74, 6) is -0.233. The van der Waals surface area contributed by atoms with Gasteiger partial charge in [-0.3, -0.25) is 19.7 Å². The van der Waals surface area contributed by atoms with Crippen LogP contribution in [0, 0.1) is 10.1 Å². The molecule has 0 saturated carbocycles. The standard InChI is InChI=1S/C18H12F3N3O5/c1-10(25)22-13-5-2-11(3-6-13)16-9-17(26)23(29-16)14-7-4-12(18(19,20)21)8-15(14)24(27)28/h2-9H,1H3,(H,22,25). The quantitative estimate of drug-likeness (QED) is 0.520. The van der Waals surface area contributed by atoms with Crippen molar-refractivity contribution < 1.29 is 27.4 Å². The van der Waals surface area contributed by atoms with Gasteiger partial charge in [0.25, 0.3) is 11.2 Å². The van der Waals surface area contributed by atoms with Crippen LogP contribution < -0.4 is 10.9 Å². The summed E-state index contributed by atoms with van der Waals surface area (Å²) in [5.41, 5.74) is -2.46. The van der Waals surface area contributed by atoms with E-state index in [4.69, 9.17) is 4.52 Å². The summed E-state index contributed by atoms with van der Waals surface area (Å²) in [4.78, 5) is 33.5. The molecule has 0 spiro atoms. The Kier molecular flexibility index (Phi) is 4.97. The van der Waals surface area contributed by atoms with Crippen LogP contribution in [0.2, 0.25) is 0 Å². The topological polar surface area (TPSA) is 107 Å². The molecular formula is C18H12F3N3O5. The number of amides is 1. The smallest absolute Gasteiger partial charge is 0.371 e. The summed E-state index contributed by atoms with van der Waals surface area (Å²) in [5, 5.41) is 13.8. The molecule has 1 heterocycles. The van der Waals surface area contributed by atoms with E-state index in [1.54, 1.807) is 12.1 Å². The maximum Gasteiger partial charge on any atom is 0.416 e. The van der Waals surface area contributed by atoms with Crippen LogP contribution in [0.4, 0.5) is 24.5 Å². The monoisotopic (exact) mass is 407 g/mol. The number of alkyl halides is 3. The molecule has 2 aromatic carbocycles. The number of rotatable bonds is 4. The maximum atomic E-state index is 12.8. The lowest BCUT2D eigenvalue weighted by Gasteiger charge is -2.08. The fourth-order valence-electron chi connectivity index (χ4n) is 2.58. The molecule has 3 rings (SSSR count). The van der Waals surface area contributed by atoms with Crippen molar-refractivity contribution in [3.63, 3.8) is 0 Å². The zero-order valence-electron chi connectivity index (χ0n) is 14.7. The fourth-order valence-corrected chi connectivity index (χ4v) is 2.58. The lowest BCUT2D eigenvalue weighted by atomic mass is 10.1. The Morgan fingerprint density at radius 2 is 1.79 bits per heavy atom. The van der Waals surface area contributed by atoms with Crippen LogP contribution in [0.1, 0.15) is 12.5 Å². The molecule has 0 unspecified atom stereocenters. The van der Waals surface area contributed by atoms with Gasteiger partial charge in [0.15, 0.2) is 11.4 Å². The molecule has 1 N–H and O–H groups in total. The Balaban J connectivity index is 2.04.